The number of amides is 2. The van der Waals surface area contributed by atoms with Crippen molar-refractivity contribution in [1.29, 1.82) is 0 Å². The number of rotatable bonds is 6. The van der Waals surface area contributed by atoms with E-state index in [0.717, 1.165) is 57.8 Å². The van der Waals surface area contributed by atoms with Gasteiger partial charge in [-0.15, -0.1) is 0 Å². The van der Waals surface area contributed by atoms with Gasteiger partial charge in [0, 0.05) is 45.3 Å². The lowest BCUT2D eigenvalue weighted by Crippen LogP contribution is -2.51. The molecular weight excluding hydrogens is 444 g/mol. The van der Waals surface area contributed by atoms with Crippen LogP contribution in [0.1, 0.15) is 43.8 Å². The predicted molar refractivity (Wildman–Crippen MR) is 126 cm³/mol. The van der Waals surface area contributed by atoms with E-state index in [1.807, 2.05) is 11.8 Å². The zero-order valence-corrected chi connectivity index (χ0v) is 20.4. The molecule has 0 radical (unpaired) electrons. The topological polar surface area (TPSA) is 108 Å². The summed E-state index contributed by atoms with van der Waals surface area (Å²) in [5.74, 6) is 0.872. The summed E-state index contributed by atoms with van der Waals surface area (Å²) in [7, 11) is -3.04. The van der Waals surface area contributed by atoms with Gasteiger partial charge in [0.15, 0.2) is 9.84 Å². The lowest BCUT2D eigenvalue weighted by atomic mass is 10.2. The highest BCUT2D eigenvalue weighted by Crippen LogP contribution is 2.27. The molecule has 184 valence electrons. The molecule has 1 aromatic heterocycles. The Morgan fingerprint density at radius 3 is 2.24 bits per heavy atom. The third kappa shape index (κ3) is 6.54. The van der Waals surface area contributed by atoms with Crippen molar-refractivity contribution in [3.05, 3.63) is 11.8 Å². The van der Waals surface area contributed by atoms with Gasteiger partial charge >= 0.3 is 0 Å². The van der Waals surface area contributed by atoms with Gasteiger partial charge in [-0.25, -0.2) is 13.1 Å². The molecule has 0 spiro atoms. The number of hydrogen-bond acceptors (Lipinski definition) is 7. The average Bonchev–Trinajstić information content (AvgIpc) is 3.17. The van der Waals surface area contributed by atoms with Crippen LogP contribution in [0.3, 0.4) is 0 Å². The molecule has 0 aliphatic carbocycles. The van der Waals surface area contributed by atoms with Crippen LogP contribution in [0.2, 0.25) is 0 Å². The van der Waals surface area contributed by atoms with Crippen molar-refractivity contribution in [2.24, 2.45) is 0 Å². The summed E-state index contributed by atoms with van der Waals surface area (Å²) >= 11 is 0. The summed E-state index contributed by atoms with van der Waals surface area (Å²) in [5, 5.41) is 7.35. The van der Waals surface area contributed by atoms with E-state index in [1.54, 1.807) is 10.7 Å². The molecule has 11 heteroatoms. The van der Waals surface area contributed by atoms with Crippen LogP contribution in [0.5, 0.6) is 0 Å². The molecule has 4 rings (SSSR count). The molecule has 3 aliphatic heterocycles. The fourth-order valence-electron chi connectivity index (χ4n) is 4.96. The van der Waals surface area contributed by atoms with Crippen LogP contribution >= 0.6 is 0 Å². The number of sulfone groups is 1. The first-order valence-electron chi connectivity index (χ1n) is 12.1. The SMILES string of the molecule is Cc1cc(NC(=O)CN2CCN(CC(=O)N3CCCCCC3)CC2)n(C2CCS(=O)(=O)C2)n1. The van der Waals surface area contributed by atoms with Gasteiger partial charge in [-0.3, -0.25) is 19.4 Å². The van der Waals surface area contributed by atoms with Crippen molar-refractivity contribution in [2.45, 2.75) is 45.1 Å². The Hall–Kier alpha value is -1.98. The third-order valence-corrected chi connectivity index (χ3v) is 8.58. The number of nitrogens with one attached hydrogen (secondary N) is 1. The number of aryl methyl sites for hydroxylation is 1. The minimum absolute atomic E-state index is 0.0646. The first kappa shape index (κ1) is 24.2. The molecule has 0 saturated carbocycles. The summed E-state index contributed by atoms with van der Waals surface area (Å²) in [6.07, 6.45) is 5.15. The Balaban J connectivity index is 1.23. The molecule has 33 heavy (non-hydrogen) atoms. The van der Waals surface area contributed by atoms with E-state index in [9.17, 15) is 18.0 Å². The van der Waals surface area contributed by atoms with Crippen molar-refractivity contribution in [3.63, 3.8) is 0 Å². The van der Waals surface area contributed by atoms with Gasteiger partial charge in [-0.2, -0.15) is 5.10 Å². The van der Waals surface area contributed by atoms with Gasteiger partial charge in [0.05, 0.1) is 36.3 Å². The van der Waals surface area contributed by atoms with Crippen molar-refractivity contribution in [2.75, 3.05) is 69.2 Å². The lowest BCUT2D eigenvalue weighted by Gasteiger charge is -2.35. The molecule has 3 saturated heterocycles. The van der Waals surface area contributed by atoms with E-state index in [-0.39, 0.29) is 35.9 Å². The Morgan fingerprint density at radius 2 is 1.64 bits per heavy atom. The second kappa shape index (κ2) is 10.5. The third-order valence-electron chi connectivity index (χ3n) is 6.83. The molecule has 3 aliphatic rings. The first-order chi connectivity index (χ1) is 15.8. The number of anilines is 1. The zero-order valence-electron chi connectivity index (χ0n) is 19.5. The largest absolute Gasteiger partial charge is 0.342 e. The van der Waals surface area contributed by atoms with E-state index >= 15 is 0 Å². The van der Waals surface area contributed by atoms with Gasteiger partial charge in [0.2, 0.25) is 11.8 Å². The molecule has 1 atom stereocenters. The molecular formula is C22H36N6O4S. The Morgan fingerprint density at radius 1 is 1.00 bits per heavy atom. The second-order valence-corrected chi connectivity index (χ2v) is 11.8. The number of nitrogens with zero attached hydrogens (tertiary/aromatic N) is 5. The normalized spacial score (nSPS) is 24.5. The monoisotopic (exact) mass is 480 g/mol. The molecule has 3 fully saturated rings. The molecule has 2 amide bonds. The summed E-state index contributed by atoms with van der Waals surface area (Å²) in [6.45, 7) is 7.32. The highest BCUT2D eigenvalue weighted by molar-refractivity contribution is 7.91. The lowest BCUT2D eigenvalue weighted by molar-refractivity contribution is -0.133. The van der Waals surface area contributed by atoms with Crippen molar-refractivity contribution < 1.29 is 18.0 Å². The summed E-state index contributed by atoms with van der Waals surface area (Å²) in [5.41, 5.74) is 0.747. The van der Waals surface area contributed by atoms with E-state index in [4.69, 9.17) is 0 Å². The molecule has 1 unspecified atom stereocenters. The van der Waals surface area contributed by atoms with Crippen LogP contribution in [0.4, 0.5) is 5.82 Å². The number of aromatic nitrogens is 2. The minimum atomic E-state index is -3.04. The van der Waals surface area contributed by atoms with Crippen LogP contribution in [0.15, 0.2) is 6.07 Å². The highest BCUT2D eigenvalue weighted by atomic mass is 32.2. The first-order valence-corrected chi connectivity index (χ1v) is 13.9. The van der Waals surface area contributed by atoms with Gasteiger partial charge in [0.1, 0.15) is 5.82 Å². The van der Waals surface area contributed by atoms with Gasteiger partial charge < -0.3 is 10.2 Å². The fraction of sp³-hybridized carbons (Fsp3) is 0.773. The number of likely N-dealkylation sites (tertiary alicyclic amines) is 1. The Labute approximate surface area is 196 Å². The maximum absolute atomic E-state index is 12.7. The van der Waals surface area contributed by atoms with Crippen LogP contribution in [0.25, 0.3) is 0 Å². The molecule has 4 heterocycles. The van der Waals surface area contributed by atoms with E-state index < -0.39 is 9.84 Å². The molecule has 0 bridgehead atoms. The highest BCUT2D eigenvalue weighted by Gasteiger charge is 2.31. The van der Waals surface area contributed by atoms with Crippen LogP contribution in [-0.4, -0.2) is 109 Å². The molecule has 0 aromatic carbocycles. The number of carbonyl (C=O) groups is 2. The molecule has 1 N–H and O–H groups in total. The second-order valence-electron chi connectivity index (χ2n) is 9.57. The van der Waals surface area contributed by atoms with Crippen molar-refractivity contribution in [3.8, 4) is 0 Å². The predicted octanol–water partition coefficient (Wildman–Crippen LogP) is 0.510. The standard InChI is InChI=1S/C22H36N6O4S/c1-18-14-20(28(24-18)19-6-13-33(31,32)17-19)23-21(29)15-25-9-11-26(12-10-25)16-22(30)27-7-4-2-3-5-8-27/h14,19H,2-13,15-17H2,1H3,(H,23,29). The quantitative estimate of drug-likeness (QED) is 0.632. The van der Waals surface area contributed by atoms with Crippen LogP contribution in [0, 0.1) is 6.92 Å². The smallest absolute Gasteiger partial charge is 0.239 e. The van der Waals surface area contributed by atoms with Gasteiger partial charge in [-0.05, 0) is 26.2 Å². The van der Waals surface area contributed by atoms with Gasteiger partial charge in [0.25, 0.3) is 0 Å². The van der Waals surface area contributed by atoms with Crippen molar-refractivity contribution >= 4 is 27.5 Å². The summed E-state index contributed by atoms with van der Waals surface area (Å²) < 4.78 is 25.4. The maximum Gasteiger partial charge on any atom is 0.239 e. The fourth-order valence-corrected chi connectivity index (χ4v) is 6.65. The summed E-state index contributed by atoms with van der Waals surface area (Å²) in [4.78, 5) is 31.6. The average molecular weight is 481 g/mol. The van der Waals surface area contributed by atoms with E-state index in [0.29, 0.717) is 18.8 Å². The summed E-state index contributed by atoms with van der Waals surface area (Å²) in [6, 6.07) is 1.55. The zero-order chi connectivity index (χ0) is 23.4. The van der Waals surface area contributed by atoms with E-state index in [1.165, 1.54) is 12.8 Å². The van der Waals surface area contributed by atoms with Gasteiger partial charge in [-0.1, -0.05) is 12.8 Å². The minimum Gasteiger partial charge on any atom is -0.342 e. The van der Waals surface area contributed by atoms with Crippen LogP contribution < -0.4 is 5.32 Å². The van der Waals surface area contributed by atoms with E-state index in [2.05, 4.69) is 20.2 Å². The number of carbonyl (C=O) groups excluding carboxylic acids is 2. The van der Waals surface area contributed by atoms with Crippen molar-refractivity contribution in [1.82, 2.24) is 24.5 Å². The number of piperazine rings is 1. The number of hydrogen-bond donors (Lipinski definition) is 1. The van der Waals surface area contributed by atoms with Crippen LogP contribution in [-0.2, 0) is 19.4 Å². The Bertz CT molecular complexity index is 946. The molecule has 10 nitrogen and oxygen atoms in total. The maximum atomic E-state index is 12.7. The molecule has 1 aromatic rings. The Kier molecular flexibility index (Phi) is 7.70.